The summed E-state index contributed by atoms with van der Waals surface area (Å²) in [6, 6.07) is 0.244. The van der Waals surface area contributed by atoms with Crippen LogP contribution in [0.2, 0.25) is 0 Å². The zero-order valence-electron chi connectivity index (χ0n) is 13.1. The smallest absolute Gasteiger partial charge is 0.247 e. The van der Waals surface area contributed by atoms with Gasteiger partial charge in [0.25, 0.3) is 0 Å². The fourth-order valence-electron chi connectivity index (χ4n) is 3.16. The van der Waals surface area contributed by atoms with Crippen molar-refractivity contribution in [3.05, 3.63) is 0 Å². The molecule has 2 heterocycles. The molecule has 114 valence electrons. The van der Waals surface area contributed by atoms with Crippen molar-refractivity contribution in [3.63, 3.8) is 0 Å². The number of hydrogen-bond acceptors (Lipinski definition) is 4. The Morgan fingerprint density at radius 2 is 1.90 bits per heavy atom. The molecule has 0 radical (unpaired) electrons. The van der Waals surface area contributed by atoms with Crippen LogP contribution in [0.15, 0.2) is 0 Å². The maximum Gasteiger partial charge on any atom is 0.247 e. The summed E-state index contributed by atoms with van der Waals surface area (Å²) in [5.41, 5.74) is 0. The van der Waals surface area contributed by atoms with Crippen LogP contribution in [-0.4, -0.2) is 59.4 Å². The molecule has 2 aliphatic heterocycles. The van der Waals surface area contributed by atoms with Gasteiger partial charge in [0.1, 0.15) is 0 Å². The molecule has 2 unspecified atom stereocenters. The molecule has 2 rings (SSSR count). The molecule has 2 atom stereocenters. The Kier molecular flexibility index (Phi) is 4.81. The zero-order chi connectivity index (χ0) is 14.9. The highest BCUT2D eigenvalue weighted by Crippen LogP contribution is 2.20. The monoisotopic (exact) mass is 281 g/mol. The van der Waals surface area contributed by atoms with Crippen LogP contribution in [0.25, 0.3) is 0 Å². The fourth-order valence-corrected chi connectivity index (χ4v) is 3.16. The molecule has 0 bridgehead atoms. The molecule has 2 amide bonds. The minimum Gasteiger partial charge on any atom is -0.305 e. The van der Waals surface area contributed by atoms with E-state index in [0.29, 0.717) is 18.4 Å². The van der Waals surface area contributed by atoms with Gasteiger partial charge in [-0.3, -0.25) is 14.5 Å². The number of likely N-dealkylation sites (tertiary alicyclic amines) is 2. The average molecular weight is 281 g/mol. The SMILES string of the molecule is CC(C)N1CCC(CNC2CC(=O)N(C(C)C)C2=O)C1. The minimum absolute atomic E-state index is 0.0373. The number of nitrogens with one attached hydrogen (secondary N) is 1. The number of hydrogen-bond donors (Lipinski definition) is 1. The molecule has 0 aliphatic carbocycles. The number of rotatable bonds is 5. The van der Waals surface area contributed by atoms with E-state index in [0.717, 1.165) is 19.6 Å². The molecule has 2 fully saturated rings. The molecular formula is C15H27N3O2. The van der Waals surface area contributed by atoms with Crippen molar-refractivity contribution in [2.45, 2.75) is 58.7 Å². The topological polar surface area (TPSA) is 52.7 Å². The van der Waals surface area contributed by atoms with E-state index in [1.807, 2.05) is 13.8 Å². The van der Waals surface area contributed by atoms with Crippen molar-refractivity contribution in [1.82, 2.24) is 15.1 Å². The van der Waals surface area contributed by atoms with Gasteiger partial charge >= 0.3 is 0 Å². The fraction of sp³-hybridized carbons (Fsp3) is 0.867. The Morgan fingerprint density at radius 3 is 2.40 bits per heavy atom. The second kappa shape index (κ2) is 6.22. The highest BCUT2D eigenvalue weighted by molar-refractivity contribution is 6.05. The van der Waals surface area contributed by atoms with Gasteiger partial charge in [-0.15, -0.1) is 0 Å². The summed E-state index contributed by atoms with van der Waals surface area (Å²) in [6.45, 7) is 11.3. The minimum atomic E-state index is -0.307. The van der Waals surface area contributed by atoms with Gasteiger partial charge in [0.2, 0.25) is 11.8 Å². The Balaban J connectivity index is 1.81. The van der Waals surface area contributed by atoms with Crippen LogP contribution in [0.1, 0.15) is 40.5 Å². The molecule has 0 aromatic heterocycles. The normalized spacial score (nSPS) is 28.4. The maximum atomic E-state index is 12.2. The Bertz CT molecular complexity index is 381. The summed E-state index contributed by atoms with van der Waals surface area (Å²) in [5, 5.41) is 3.31. The lowest BCUT2D eigenvalue weighted by Crippen LogP contribution is -2.43. The van der Waals surface area contributed by atoms with Crippen molar-refractivity contribution >= 4 is 11.8 Å². The summed E-state index contributed by atoms with van der Waals surface area (Å²) in [4.78, 5) is 27.9. The summed E-state index contributed by atoms with van der Waals surface area (Å²) in [5.74, 6) is 0.495. The van der Waals surface area contributed by atoms with Gasteiger partial charge in [0.15, 0.2) is 0 Å². The first-order chi connectivity index (χ1) is 9.40. The predicted molar refractivity (Wildman–Crippen MR) is 78.2 cm³/mol. The van der Waals surface area contributed by atoms with E-state index < -0.39 is 0 Å². The molecular weight excluding hydrogens is 254 g/mol. The van der Waals surface area contributed by atoms with Gasteiger partial charge in [0, 0.05) is 18.6 Å². The highest BCUT2D eigenvalue weighted by atomic mass is 16.2. The van der Waals surface area contributed by atoms with E-state index in [4.69, 9.17) is 0 Å². The van der Waals surface area contributed by atoms with Crippen LogP contribution < -0.4 is 5.32 Å². The van der Waals surface area contributed by atoms with Gasteiger partial charge in [-0.05, 0) is 53.1 Å². The van der Waals surface area contributed by atoms with Crippen molar-refractivity contribution in [1.29, 1.82) is 0 Å². The molecule has 5 nitrogen and oxygen atoms in total. The summed E-state index contributed by atoms with van der Waals surface area (Å²) in [6.07, 6.45) is 1.49. The first kappa shape index (κ1) is 15.4. The number of amides is 2. The standard InChI is InChI=1S/C15H27N3O2/c1-10(2)17-6-5-12(9-17)8-16-13-7-14(19)18(11(3)4)15(13)20/h10-13,16H,5-9H2,1-4H3. The van der Waals surface area contributed by atoms with Gasteiger partial charge in [0.05, 0.1) is 12.5 Å². The third-order valence-electron chi connectivity index (χ3n) is 4.40. The van der Waals surface area contributed by atoms with Crippen molar-refractivity contribution in [3.8, 4) is 0 Å². The number of carbonyl (C=O) groups excluding carboxylic acids is 2. The molecule has 2 aliphatic rings. The van der Waals surface area contributed by atoms with Gasteiger partial charge in [-0.1, -0.05) is 0 Å². The first-order valence-electron chi connectivity index (χ1n) is 7.73. The highest BCUT2D eigenvalue weighted by Gasteiger charge is 2.40. The average Bonchev–Trinajstić information content (AvgIpc) is 2.92. The predicted octanol–water partition coefficient (Wildman–Crippen LogP) is 0.842. The summed E-state index contributed by atoms with van der Waals surface area (Å²) in [7, 11) is 0. The van der Waals surface area contributed by atoms with Crippen LogP contribution in [0.5, 0.6) is 0 Å². The van der Waals surface area contributed by atoms with Crippen molar-refractivity contribution < 1.29 is 9.59 Å². The third-order valence-corrected chi connectivity index (χ3v) is 4.40. The lowest BCUT2D eigenvalue weighted by atomic mass is 10.1. The van der Waals surface area contributed by atoms with Gasteiger partial charge < -0.3 is 10.2 Å². The van der Waals surface area contributed by atoms with E-state index in [-0.39, 0.29) is 23.9 Å². The Morgan fingerprint density at radius 1 is 1.20 bits per heavy atom. The van der Waals surface area contributed by atoms with Crippen LogP contribution in [0.3, 0.4) is 0 Å². The molecule has 0 aromatic rings. The van der Waals surface area contributed by atoms with Crippen molar-refractivity contribution in [2.75, 3.05) is 19.6 Å². The van der Waals surface area contributed by atoms with Crippen LogP contribution in [0, 0.1) is 5.92 Å². The largest absolute Gasteiger partial charge is 0.305 e. The first-order valence-corrected chi connectivity index (χ1v) is 7.73. The van der Waals surface area contributed by atoms with Crippen molar-refractivity contribution in [2.24, 2.45) is 5.92 Å². The van der Waals surface area contributed by atoms with Gasteiger partial charge in [-0.2, -0.15) is 0 Å². The molecule has 20 heavy (non-hydrogen) atoms. The second-order valence-corrected chi connectivity index (χ2v) is 6.60. The molecule has 0 saturated carbocycles. The quantitative estimate of drug-likeness (QED) is 0.759. The van der Waals surface area contributed by atoms with E-state index >= 15 is 0 Å². The molecule has 5 heteroatoms. The third kappa shape index (κ3) is 3.20. The van der Waals surface area contributed by atoms with E-state index in [1.165, 1.54) is 11.3 Å². The van der Waals surface area contributed by atoms with Crippen LogP contribution in [-0.2, 0) is 9.59 Å². The Hall–Kier alpha value is -0.940. The summed E-state index contributed by atoms with van der Waals surface area (Å²) < 4.78 is 0. The molecule has 0 spiro atoms. The lowest BCUT2D eigenvalue weighted by molar-refractivity contribution is -0.140. The number of carbonyl (C=O) groups is 2. The lowest BCUT2D eigenvalue weighted by Gasteiger charge is -2.21. The molecule has 2 saturated heterocycles. The second-order valence-electron chi connectivity index (χ2n) is 6.60. The van der Waals surface area contributed by atoms with E-state index in [1.54, 1.807) is 0 Å². The van der Waals surface area contributed by atoms with E-state index in [2.05, 4.69) is 24.1 Å². The number of imide groups is 1. The van der Waals surface area contributed by atoms with Gasteiger partial charge in [-0.25, -0.2) is 0 Å². The Labute approximate surface area is 121 Å². The molecule has 1 N–H and O–H groups in total. The van der Waals surface area contributed by atoms with E-state index in [9.17, 15) is 9.59 Å². The van der Waals surface area contributed by atoms with Crippen LogP contribution >= 0.6 is 0 Å². The zero-order valence-corrected chi connectivity index (χ0v) is 13.1. The maximum absolute atomic E-state index is 12.2. The van der Waals surface area contributed by atoms with Crippen LogP contribution in [0.4, 0.5) is 0 Å². The molecule has 0 aromatic carbocycles. The summed E-state index contributed by atoms with van der Waals surface area (Å²) >= 11 is 0. The number of nitrogens with zero attached hydrogens (tertiary/aromatic N) is 2.